The molecule has 0 bridgehead atoms. The normalized spacial score (nSPS) is 11.5. The molecule has 1 aromatic heterocycles. The first-order valence-corrected chi connectivity index (χ1v) is 7.95. The van der Waals surface area contributed by atoms with Gasteiger partial charge in [0.15, 0.2) is 0 Å². The Balaban J connectivity index is 1.65. The molecule has 0 amide bonds. The lowest BCUT2D eigenvalue weighted by Crippen LogP contribution is -2.15. The third-order valence-electron chi connectivity index (χ3n) is 3.60. The maximum atomic E-state index is 9.96. The summed E-state index contributed by atoms with van der Waals surface area (Å²) in [6.07, 6.45) is 0. The van der Waals surface area contributed by atoms with Crippen LogP contribution in [0.4, 0.5) is 6.01 Å². The van der Waals surface area contributed by atoms with E-state index in [0.29, 0.717) is 23.5 Å². The highest BCUT2D eigenvalue weighted by Gasteiger charge is 2.15. The molecule has 124 valence electrons. The molecule has 0 unspecified atom stereocenters. The third kappa shape index (κ3) is 3.93. The highest BCUT2D eigenvalue weighted by Crippen LogP contribution is 2.23. The van der Waals surface area contributed by atoms with Crippen LogP contribution in [0.15, 0.2) is 52.9 Å². The van der Waals surface area contributed by atoms with Crippen molar-refractivity contribution in [3.05, 3.63) is 64.7 Å². The van der Waals surface area contributed by atoms with Crippen molar-refractivity contribution in [2.24, 2.45) is 0 Å². The van der Waals surface area contributed by atoms with Crippen molar-refractivity contribution < 1.29 is 9.52 Å². The summed E-state index contributed by atoms with van der Waals surface area (Å²) < 4.78 is 5.59. The Morgan fingerprint density at radius 3 is 2.54 bits per heavy atom. The number of rotatable bonds is 5. The molecule has 2 N–H and O–H groups in total. The summed E-state index contributed by atoms with van der Waals surface area (Å²) in [6, 6.07) is 15.3. The van der Waals surface area contributed by atoms with E-state index in [1.165, 1.54) is 0 Å². The fourth-order valence-corrected chi connectivity index (χ4v) is 2.43. The first-order chi connectivity index (χ1) is 11.4. The Labute approximate surface area is 145 Å². The number of hydrogen-bond donors (Lipinski definition) is 2. The first-order valence-electron chi connectivity index (χ1n) is 7.57. The van der Waals surface area contributed by atoms with Crippen molar-refractivity contribution in [1.29, 1.82) is 0 Å². The minimum atomic E-state index is -0.843. The monoisotopic (exact) mass is 343 g/mol. The minimum Gasteiger partial charge on any atom is -0.403 e. The quantitative estimate of drug-likeness (QED) is 0.725. The Hall–Kier alpha value is -2.37. The summed E-state index contributed by atoms with van der Waals surface area (Å²) >= 11 is 5.96. The van der Waals surface area contributed by atoms with E-state index in [0.717, 1.165) is 16.7 Å². The molecular weight excluding hydrogens is 326 g/mol. The summed E-state index contributed by atoms with van der Waals surface area (Å²) in [6.45, 7) is 4.06. The van der Waals surface area contributed by atoms with E-state index < -0.39 is 5.60 Å². The first kappa shape index (κ1) is 16.5. The fraction of sp³-hybridized carbons (Fsp3) is 0.222. The highest BCUT2D eigenvalue weighted by molar-refractivity contribution is 6.30. The van der Waals surface area contributed by atoms with E-state index in [-0.39, 0.29) is 0 Å². The molecule has 24 heavy (non-hydrogen) atoms. The van der Waals surface area contributed by atoms with Crippen LogP contribution in [0.3, 0.4) is 0 Å². The van der Waals surface area contributed by atoms with E-state index in [4.69, 9.17) is 16.0 Å². The lowest BCUT2D eigenvalue weighted by molar-refractivity contribution is 0.0786. The van der Waals surface area contributed by atoms with Crippen molar-refractivity contribution in [2.75, 3.05) is 5.32 Å². The maximum Gasteiger partial charge on any atom is 0.316 e. The largest absolute Gasteiger partial charge is 0.403 e. The van der Waals surface area contributed by atoms with Crippen molar-refractivity contribution in [3.8, 4) is 11.5 Å². The number of benzene rings is 2. The van der Waals surface area contributed by atoms with Crippen molar-refractivity contribution in [3.63, 3.8) is 0 Å². The number of nitrogens with zero attached hydrogens (tertiary/aromatic N) is 2. The Morgan fingerprint density at radius 1 is 1.12 bits per heavy atom. The van der Waals surface area contributed by atoms with Gasteiger partial charge in [0.1, 0.15) is 0 Å². The molecule has 2 aromatic carbocycles. The van der Waals surface area contributed by atoms with Gasteiger partial charge in [-0.05, 0) is 43.2 Å². The second-order valence-electron chi connectivity index (χ2n) is 6.03. The number of anilines is 1. The second kappa shape index (κ2) is 6.63. The van der Waals surface area contributed by atoms with Crippen LogP contribution in [-0.4, -0.2) is 15.3 Å². The van der Waals surface area contributed by atoms with Crippen LogP contribution in [0, 0.1) is 0 Å². The van der Waals surface area contributed by atoms with Gasteiger partial charge in [-0.2, -0.15) is 0 Å². The van der Waals surface area contributed by atoms with Crippen LogP contribution in [0.1, 0.15) is 25.0 Å². The average Bonchev–Trinajstić information content (AvgIpc) is 3.01. The van der Waals surface area contributed by atoms with Crippen LogP contribution < -0.4 is 5.32 Å². The van der Waals surface area contributed by atoms with E-state index >= 15 is 0 Å². The molecular formula is C18H18ClN3O2. The molecule has 0 aliphatic heterocycles. The van der Waals surface area contributed by atoms with Gasteiger partial charge in [-0.25, -0.2) is 0 Å². The predicted octanol–water partition coefficient (Wildman–Crippen LogP) is 4.23. The van der Waals surface area contributed by atoms with Crippen LogP contribution >= 0.6 is 11.6 Å². The van der Waals surface area contributed by atoms with Gasteiger partial charge in [-0.3, -0.25) is 0 Å². The zero-order valence-electron chi connectivity index (χ0n) is 13.5. The van der Waals surface area contributed by atoms with Gasteiger partial charge in [-0.15, -0.1) is 5.10 Å². The molecule has 3 aromatic rings. The number of aliphatic hydroxyl groups is 1. The van der Waals surface area contributed by atoms with Gasteiger partial charge in [-0.1, -0.05) is 47.0 Å². The van der Waals surface area contributed by atoms with Crippen LogP contribution in [0.5, 0.6) is 0 Å². The molecule has 6 heteroatoms. The zero-order valence-corrected chi connectivity index (χ0v) is 14.2. The summed E-state index contributed by atoms with van der Waals surface area (Å²) in [5.74, 6) is 0.414. The van der Waals surface area contributed by atoms with E-state index in [1.807, 2.05) is 36.4 Å². The molecule has 0 atom stereocenters. The molecule has 0 aliphatic carbocycles. The van der Waals surface area contributed by atoms with Gasteiger partial charge in [0.25, 0.3) is 0 Å². The number of hydrogen-bond acceptors (Lipinski definition) is 5. The highest BCUT2D eigenvalue weighted by atomic mass is 35.5. The van der Waals surface area contributed by atoms with Gasteiger partial charge in [0.05, 0.1) is 5.60 Å². The Bertz CT molecular complexity index is 823. The molecule has 0 aliphatic rings. The van der Waals surface area contributed by atoms with Crippen molar-refractivity contribution >= 4 is 17.6 Å². The Morgan fingerprint density at radius 2 is 1.88 bits per heavy atom. The number of aromatic nitrogens is 2. The maximum absolute atomic E-state index is 9.96. The smallest absolute Gasteiger partial charge is 0.316 e. The molecule has 0 radical (unpaired) electrons. The lowest BCUT2D eigenvalue weighted by atomic mass is 9.97. The van der Waals surface area contributed by atoms with Crippen LogP contribution in [0.2, 0.25) is 5.02 Å². The molecule has 0 fully saturated rings. The molecule has 3 rings (SSSR count). The SMILES string of the molecule is CC(C)(O)c1ccc(CNc2nnc(-c3cccc(Cl)c3)o2)cc1. The fourth-order valence-electron chi connectivity index (χ4n) is 2.24. The van der Waals surface area contributed by atoms with Gasteiger partial charge < -0.3 is 14.8 Å². The van der Waals surface area contributed by atoms with Crippen molar-refractivity contribution in [1.82, 2.24) is 10.2 Å². The summed E-state index contributed by atoms with van der Waals surface area (Å²) in [7, 11) is 0. The molecule has 5 nitrogen and oxygen atoms in total. The average molecular weight is 344 g/mol. The number of nitrogens with one attached hydrogen (secondary N) is 1. The third-order valence-corrected chi connectivity index (χ3v) is 3.84. The van der Waals surface area contributed by atoms with Gasteiger partial charge in [0.2, 0.25) is 5.89 Å². The van der Waals surface area contributed by atoms with E-state index in [2.05, 4.69) is 15.5 Å². The molecule has 0 spiro atoms. The summed E-state index contributed by atoms with van der Waals surface area (Å²) in [5.41, 5.74) is 1.85. The molecule has 0 saturated carbocycles. The number of halogens is 1. The molecule has 0 saturated heterocycles. The van der Waals surface area contributed by atoms with Crippen molar-refractivity contribution in [2.45, 2.75) is 26.0 Å². The van der Waals surface area contributed by atoms with Gasteiger partial charge >= 0.3 is 6.01 Å². The van der Waals surface area contributed by atoms with Crippen LogP contribution in [0.25, 0.3) is 11.5 Å². The molecule has 1 heterocycles. The predicted molar refractivity (Wildman–Crippen MR) is 93.8 cm³/mol. The van der Waals surface area contributed by atoms with E-state index in [9.17, 15) is 5.11 Å². The topological polar surface area (TPSA) is 71.2 Å². The second-order valence-corrected chi connectivity index (χ2v) is 6.47. The Kier molecular flexibility index (Phi) is 4.55. The zero-order chi connectivity index (χ0) is 17.2. The standard InChI is InChI=1S/C18H18ClN3O2/c1-18(2,23)14-8-6-12(7-9-14)11-20-17-22-21-16(24-17)13-4-3-5-15(19)10-13/h3-10,23H,11H2,1-2H3,(H,20,22). The van der Waals surface area contributed by atoms with Gasteiger partial charge in [0, 0.05) is 17.1 Å². The minimum absolute atomic E-state index is 0.344. The summed E-state index contributed by atoms with van der Waals surface area (Å²) in [5, 5.41) is 21.7. The summed E-state index contributed by atoms with van der Waals surface area (Å²) in [4.78, 5) is 0. The van der Waals surface area contributed by atoms with E-state index in [1.54, 1.807) is 26.0 Å². The lowest BCUT2D eigenvalue weighted by Gasteiger charge is -2.17. The van der Waals surface area contributed by atoms with Crippen LogP contribution in [-0.2, 0) is 12.1 Å².